The van der Waals surface area contributed by atoms with Gasteiger partial charge in [-0.25, -0.2) is 4.79 Å². The lowest BCUT2D eigenvalue weighted by Gasteiger charge is -2.24. The third-order valence-electron chi connectivity index (χ3n) is 3.85. The predicted octanol–water partition coefficient (Wildman–Crippen LogP) is 2.81. The fraction of sp³-hybridized carbons (Fsp3) is 0.500. The minimum atomic E-state index is -0.319. The Labute approximate surface area is 117 Å². The maximum atomic E-state index is 12.1. The van der Waals surface area contributed by atoms with Crippen LogP contribution in [0.3, 0.4) is 0 Å². The van der Waals surface area contributed by atoms with Gasteiger partial charge in [0.25, 0.3) is 0 Å². The zero-order valence-corrected chi connectivity index (χ0v) is 11.4. The van der Waals surface area contributed by atoms with Crippen LogP contribution in [0.25, 0.3) is 0 Å². The van der Waals surface area contributed by atoms with E-state index in [1.54, 1.807) is 17.0 Å². The number of ether oxygens (including phenoxy) is 1. The van der Waals surface area contributed by atoms with E-state index in [4.69, 9.17) is 16.3 Å². The molecule has 0 aromatic heterocycles. The third kappa shape index (κ3) is 2.55. The van der Waals surface area contributed by atoms with Gasteiger partial charge in [0, 0.05) is 17.1 Å². The number of nitrogens with one attached hydrogen (secondary N) is 1. The van der Waals surface area contributed by atoms with Gasteiger partial charge in [-0.05, 0) is 50.2 Å². The highest BCUT2D eigenvalue weighted by Crippen LogP contribution is 2.34. The van der Waals surface area contributed by atoms with Gasteiger partial charge in [0.15, 0.2) is 0 Å². The molecule has 4 nitrogen and oxygen atoms in total. The smallest absolute Gasteiger partial charge is 0.415 e. The molecule has 0 aliphatic carbocycles. The van der Waals surface area contributed by atoms with Gasteiger partial charge in [0.2, 0.25) is 0 Å². The van der Waals surface area contributed by atoms with E-state index in [1.807, 2.05) is 12.1 Å². The van der Waals surface area contributed by atoms with E-state index >= 15 is 0 Å². The zero-order valence-electron chi connectivity index (χ0n) is 10.7. The van der Waals surface area contributed by atoms with Crippen molar-refractivity contribution in [2.75, 3.05) is 24.5 Å². The van der Waals surface area contributed by atoms with Crippen LogP contribution in [0.4, 0.5) is 10.5 Å². The second kappa shape index (κ2) is 5.02. The van der Waals surface area contributed by atoms with Crippen LogP contribution in [-0.2, 0) is 4.74 Å². The molecule has 2 heterocycles. The first kappa shape index (κ1) is 12.8. The summed E-state index contributed by atoms with van der Waals surface area (Å²) in [4.78, 5) is 13.8. The van der Waals surface area contributed by atoms with Crippen molar-refractivity contribution in [2.24, 2.45) is 0 Å². The lowest BCUT2D eigenvalue weighted by Crippen LogP contribution is -2.35. The van der Waals surface area contributed by atoms with Crippen molar-refractivity contribution in [3.8, 4) is 0 Å². The fourth-order valence-corrected chi connectivity index (χ4v) is 2.93. The summed E-state index contributed by atoms with van der Waals surface area (Å²) >= 11 is 5.88. The summed E-state index contributed by atoms with van der Waals surface area (Å²) < 4.78 is 5.68. The van der Waals surface area contributed by atoms with Crippen LogP contribution < -0.4 is 10.2 Å². The molecule has 1 N–H and O–H groups in total. The SMILES string of the molecule is O=C1O[C@]2(CCCNCC2)CN1c1ccc(Cl)cc1. The van der Waals surface area contributed by atoms with E-state index < -0.39 is 0 Å². The van der Waals surface area contributed by atoms with E-state index in [0.29, 0.717) is 11.6 Å². The van der Waals surface area contributed by atoms with Gasteiger partial charge in [-0.1, -0.05) is 11.6 Å². The van der Waals surface area contributed by atoms with Crippen LogP contribution in [0.5, 0.6) is 0 Å². The molecule has 2 fully saturated rings. The van der Waals surface area contributed by atoms with Crippen molar-refractivity contribution < 1.29 is 9.53 Å². The number of rotatable bonds is 1. The van der Waals surface area contributed by atoms with E-state index in [9.17, 15) is 4.79 Å². The number of benzene rings is 1. The number of nitrogens with zero attached hydrogens (tertiary/aromatic N) is 1. The Hall–Kier alpha value is -1.26. The Morgan fingerprint density at radius 1 is 1.21 bits per heavy atom. The first-order chi connectivity index (χ1) is 9.19. The Morgan fingerprint density at radius 3 is 2.79 bits per heavy atom. The third-order valence-corrected chi connectivity index (χ3v) is 4.10. The summed E-state index contributed by atoms with van der Waals surface area (Å²) in [6, 6.07) is 7.31. The number of carbonyl (C=O) groups excluding carboxylic acids is 1. The lowest BCUT2D eigenvalue weighted by molar-refractivity contribution is 0.0470. The normalized spacial score (nSPS) is 27.4. The summed E-state index contributed by atoms with van der Waals surface area (Å²) in [5.41, 5.74) is 0.531. The molecule has 0 bridgehead atoms. The summed E-state index contributed by atoms with van der Waals surface area (Å²) in [5, 5.41) is 4.02. The molecule has 1 atom stereocenters. The summed E-state index contributed by atoms with van der Waals surface area (Å²) in [6.07, 6.45) is 2.60. The van der Waals surface area contributed by atoms with Crippen LogP contribution in [-0.4, -0.2) is 31.3 Å². The monoisotopic (exact) mass is 280 g/mol. The van der Waals surface area contributed by atoms with E-state index in [0.717, 1.165) is 38.0 Å². The van der Waals surface area contributed by atoms with Crippen LogP contribution in [0.15, 0.2) is 24.3 Å². The van der Waals surface area contributed by atoms with E-state index in [2.05, 4.69) is 5.32 Å². The molecule has 5 heteroatoms. The lowest BCUT2D eigenvalue weighted by atomic mass is 9.95. The number of halogens is 1. The maximum absolute atomic E-state index is 12.1. The minimum Gasteiger partial charge on any atom is -0.441 e. The molecule has 102 valence electrons. The topological polar surface area (TPSA) is 41.6 Å². The molecule has 2 aliphatic rings. The van der Waals surface area contributed by atoms with Gasteiger partial charge in [-0.3, -0.25) is 4.90 Å². The van der Waals surface area contributed by atoms with Gasteiger partial charge < -0.3 is 10.1 Å². The van der Waals surface area contributed by atoms with Crippen molar-refractivity contribution in [3.05, 3.63) is 29.3 Å². The van der Waals surface area contributed by atoms with E-state index in [-0.39, 0.29) is 11.7 Å². The van der Waals surface area contributed by atoms with Crippen molar-refractivity contribution in [1.82, 2.24) is 5.32 Å². The van der Waals surface area contributed by atoms with Crippen molar-refractivity contribution in [3.63, 3.8) is 0 Å². The Bertz CT molecular complexity index is 467. The summed E-state index contributed by atoms with van der Waals surface area (Å²) in [6.45, 7) is 2.54. The quantitative estimate of drug-likeness (QED) is 0.860. The predicted molar refractivity (Wildman–Crippen MR) is 74.7 cm³/mol. The fourth-order valence-electron chi connectivity index (χ4n) is 2.80. The number of hydrogen-bond donors (Lipinski definition) is 1. The first-order valence-corrected chi connectivity index (χ1v) is 7.03. The molecule has 0 saturated carbocycles. The number of hydrogen-bond acceptors (Lipinski definition) is 3. The van der Waals surface area contributed by atoms with Gasteiger partial charge in [0.05, 0.1) is 6.54 Å². The summed E-state index contributed by atoms with van der Waals surface area (Å²) in [7, 11) is 0. The van der Waals surface area contributed by atoms with Gasteiger partial charge >= 0.3 is 6.09 Å². The van der Waals surface area contributed by atoms with Crippen LogP contribution in [0.2, 0.25) is 5.02 Å². The largest absolute Gasteiger partial charge is 0.441 e. The molecule has 0 unspecified atom stereocenters. The molecule has 19 heavy (non-hydrogen) atoms. The molecule has 1 spiro atoms. The highest BCUT2D eigenvalue weighted by Gasteiger charge is 2.45. The average Bonchev–Trinajstić information content (AvgIpc) is 2.58. The van der Waals surface area contributed by atoms with Crippen LogP contribution in [0.1, 0.15) is 19.3 Å². The number of carbonyl (C=O) groups is 1. The number of anilines is 1. The highest BCUT2D eigenvalue weighted by molar-refractivity contribution is 6.30. The van der Waals surface area contributed by atoms with Crippen molar-refractivity contribution in [1.29, 1.82) is 0 Å². The average molecular weight is 281 g/mol. The first-order valence-electron chi connectivity index (χ1n) is 6.65. The van der Waals surface area contributed by atoms with Crippen LogP contribution in [0, 0.1) is 0 Å². The molecule has 1 aromatic carbocycles. The minimum absolute atomic E-state index is 0.246. The molecule has 3 rings (SSSR count). The van der Waals surface area contributed by atoms with Gasteiger partial charge in [0.1, 0.15) is 5.60 Å². The molecule has 2 saturated heterocycles. The Balaban J connectivity index is 1.81. The molecular formula is C14H17ClN2O2. The second-order valence-electron chi connectivity index (χ2n) is 5.22. The summed E-state index contributed by atoms with van der Waals surface area (Å²) in [5.74, 6) is 0. The van der Waals surface area contributed by atoms with Gasteiger partial charge in [-0.15, -0.1) is 0 Å². The Kier molecular flexibility index (Phi) is 3.37. The van der Waals surface area contributed by atoms with Gasteiger partial charge in [-0.2, -0.15) is 0 Å². The molecule has 2 aliphatic heterocycles. The molecule has 0 radical (unpaired) electrons. The van der Waals surface area contributed by atoms with Crippen LogP contribution >= 0.6 is 11.6 Å². The zero-order chi connectivity index (χ0) is 13.3. The molecular weight excluding hydrogens is 264 g/mol. The molecule has 1 aromatic rings. The Morgan fingerprint density at radius 2 is 2.00 bits per heavy atom. The van der Waals surface area contributed by atoms with Crippen molar-refractivity contribution >= 4 is 23.4 Å². The standard InChI is InChI=1S/C14H17ClN2O2/c15-11-2-4-12(5-3-11)17-10-14(19-13(17)18)6-1-8-16-9-7-14/h2-5,16H,1,6-10H2/t14-/m0/s1. The molecule has 1 amide bonds. The van der Waals surface area contributed by atoms with Crippen molar-refractivity contribution in [2.45, 2.75) is 24.9 Å². The number of amides is 1. The second-order valence-corrected chi connectivity index (χ2v) is 5.65. The van der Waals surface area contributed by atoms with E-state index in [1.165, 1.54) is 0 Å². The highest BCUT2D eigenvalue weighted by atomic mass is 35.5. The maximum Gasteiger partial charge on any atom is 0.415 e.